The molecule has 0 aliphatic rings. The molecule has 0 amide bonds. The molecular formula is C20H42FLi. The quantitative estimate of drug-likeness (QED) is 0.183. The molecule has 0 radical (unpaired) electrons. The van der Waals surface area contributed by atoms with Crippen LogP contribution in [0.4, 0.5) is 4.39 Å². The van der Waals surface area contributed by atoms with E-state index >= 15 is 0 Å². The molecule has 0 aromatic rings. The van der Waals surface area contributed by atoms with Crippen molar-refractivity contribution in [2.45, 2.75) is 122 Å². The number of rotatable bonds is 18. The Morgan fingerprint density at radius 2 is 0.636 bits per heavy atom. The fourth-order valence-corrected chi connectivity index (χ4v) is 3.00. The van der Waals surface area contributed by atoms with Gasteiger partial charge in [-0.05, 0) is 6.42 Å². The first-order valence-corrected chi connectivity index (χ1v) is 9.97. The van der Waals surface area contributed by atoms with E-state index < -0.39 is 0 Å². The SMILES string of the molecule is CCCCCCCCCCCCCCCCCCCCF.[LiH]. The van der Waals surface area contributed by atoms with Crippen LogP contribution in [-0.4, -0.2) is 25.5 Å². The summed E-state index contributed by atoms with van der Waals surface area (Å²) >= 11 is 0. The van der Waals surface area contributed by atoms with Crippen molar-refractivity contribution in [3.8, 4) is 0 Å². The minimum absolute atomic E-state index is 0. The van der Waals surface area contributed by atoms with Crippen LogP contribution in [0, 0.1) is 0 Å². The van der Waals surface area contributed by atoms with Gasteiger partial charge in [0.15, 0.2) is 0 Å². The van der Waals surface area contributed by atoms with Gasteiger partial charge in [-0.2, -0.15) is 0 Å². The van der Waals surface area contributed by atoms with Gasteiger partial charge in [-0.25, -0.2) is 0 Å². The Morgan fingerprint density at radius 1 is 0.409 bits per heavy atom. The predicted octanol–water partition coefficient (Wildman–Crippen LogP) is 7.35. The Balaban J connectivity index is 0. The van der Waals surface area contributed by atoms with Crippen LogP contribution in [0.3, 0.4) is 0 Å². The van der Waals surface area contributed by atoms with Gasteiger partial charge >= 0.3 is 18.9 Å². The molecule has 22 heavy (non-hydrogen) atoms. The van der Waals surface area contributed by atoms with Crippen molar-refractivity contribution < 1.29 is 4.39 Å². The number of unbranched alkanes of at least 4 members (excludes halogenated alkanes) is 17. The second kappa shape index (κ2) is 23.8. The van der Waals surface area contributed by atoms with E-state index in [1.807, 2.05) is 0 Å². The van der Waals surface area contributed by atoms with Crippen LogP contribution in [0.25, 0.3) is 0 Å². The van der Waals surface area contributed by atoms with E-state index in [4.69, 9.17) is 0 Å². The van der Waals surface area contributed by atoms with Crippen LogP contribution in [-0.2, 0) is 0 Å². The third-order valence-electron chi connectivity index (χ3n) is 4.49. The molecule has 0 aromatic heterocycles. The molecule has 0 saturated heterocycles. The zero-order valence-corrected chi connectivity index (χ0v) is 14.8. The molecule has 2 heteroatoms. The zero-order chi connectivity index (χ0) is 15.4. The summed E-state index contributed by atoms with van der Waals surface area (Å²) < 4.78 is 11.9. The number of hydrogen-bond acceptors (Lipinski definition) is 0. The van der Waals surface area contributed by atoms with Crippen molar-refractivity contribution in [1.82, 2.24) is 0 Å². The van der Waals surface area contributed by atoms with Gasteiger partial charge < -0.3 is 0 Å². The number of hydrogen-bond donors (Lipinski definition) is 0. The van der Waals surface area contributed by atoms with Gasteiger partial charge in [0.05, 0.1) is 6.67 Å². The molecule has 0 bridgehead atoms. The minimum atomic E-state index is -0.126. The van der Waals surface area contributed by atoms with Gasteiger partial charge in [-0.1, -0.05) is 116 Å². The second-order valence-electron chi connectivity index (χ2n) is 6.70. The van der Waals surface area contributed by atoms with E-state index in [9.17, 15) is 4.39 Å². The molecule has 0 N–H and O–H groups in total. The van der Waals surface area contributed by atoms with Crippen molar-refractivity contribution in [3.05, 3.63) is 0 Å². The summed E-state index contributed by atoms with van der Waals surface area (Å²) in [6, 6.07) is 0. The van der Waals surface area contributed by atoms with Gasteiger partial charge in [-0.15, -0.1) is 0 Å². The monoisotopic (exact) mass is 308 g/mol. The van der Waals surface area contributed by atoms with Gasteiger partial charge in [0, 0.05) is 0 Å². The summed E-state index contributed by atoms with van der Waals surface area (Å²) in [5, 5.41) is 0. The average molecular weight is 308 g/mol. The predicted molar refractivity (Wildman–Crippen MR) is 102 cm³/mol. The summed E-state index contributed by atoms with van der Waals surface area (Å²) in [6.07, 6.45) is 24.5. The van der Waals surface area contributed by atoms with Crippen molar-refractivity contribution in [2.75, 3.05) is 6.67 Å². The summed E-state index contributed by atoms with van der Waals surface area (Å²) in [6.45, 7) is 2.16. The van der Waals surface area contributed by atoms with Crippen LogP contribution in [0.2, 0.25) is 0 Å². The van der Waals surface area contributed by atoms with E-state index in [1.54, 1.807) is 0 Å². The molecule has 0 unspecified atom stereocenters. The number of halogens is 1. The van der Waals surface area contributed by atoms with Crippen LogP contribution in [0.15, 0.2) is 0 Å². The van der Waals surface area contributed by atoms with E-state index in [0.29, 0.717) is 0 Å². The normalized spacial score (nSPS) is 10.6. The van der Waals surface area contributed by atoms with Crippen LogP contribution >= 0.6 is 0 Å². The van der Waals surface area contributed by atoms with Crippen LogP contribution < -0.4 is 0 Å². The first kappa shape index (κ1) is 24.8. The fraction of sp³-hybridized carbons (Fsp3) is 1.00. The van der Waals surface area contributed by atoms with E-state index in [2.05, 4.69) is 6.92 Å². The van der Waals surface area contributed by atoms with Gasteiger partial charge in [-0.3, -0.25) is 4.39 Å². The van der Waals surface area contributed by atoms with Gasteiger partial charge in [0.2, 0.25) is 0 Å². The van der Waals surface area contributed by atoms with Crippen molar-refractivity contribution >= 4 is 18.9 Å². The summed E-state index contributed by atoms with van der Waals surface area (Å²) in [5.74, 6) is 0. The Bertz CT molecular complexity index is 155. The molecule has 0 heterocycles. The Morgan fingerprint density at radius 3 is 0.864 bits per heavy atom. The second-order valence-corrected chi connectivity index (χ2v) is 6.70. The molecule has 0 atom stereocenters. The van der Waals surface area contributed by atoms with Gasteiger partial charge in [0.25, 0.3) is 0 Å². The third-order valence-corrected chi connectivity index (χ3v) is 4.49. The van der Waals surface area contributed by atoms with E-state index in [0.717, 1.165) is 12.8 Å². The topological polar surface area (TPSA) is 0 Å². The molecule has 130 valence electrons. The standard InChI is InChI=1S/C20H41F.Li.H/c1-2-3-4-5-6-7-8-9-10-11-12-13-14-15-16-17-18-19-20-21;;/h2-20H2,1H3;;. The molecule has 0 fully saturated rings. The molecule has 0 aliphatic carbocycles. The molecule has 0 aliphatic heterocycles. The van der Waals surface area contributed by atoms with Crippen molar-refractivity contribution in [3.63, 3.8) is 0 Å². The number of alkyl halides is 1. The first-order chi connectivity index (χ1) is 10.4. The molecule has 0 aromatic carbocycles. The van der Waals surface area contributed by atoms with Crippen LogP contribution in [0.5, 0.6) is 0 Å². The summed E-state index contributed by atoms with van der Waals surface area (Å²) in [5.41, 5.74) is 0. The Labute approximate surface area is 152 Å². The van der Waals surface area contributed by atoms with Crippen molar-refractivity contribution in [2.24, 2.45) is 0 Å². The molecule has 0 saturated carbocycles. The zero-order valence-electron chi connectivity index (χ0n) is 14.8. The average Bonchev–Trinajstić information content (AvgIpc) is 2.50. The molecular weight excluding hydrogens is 266 g/mol. The van der Waals surface area contributed by atoms with Crippen molar-refractivity contribution in [1.29, 1.82) is 0 Å². The third kappa shape index (κ3) is 22.8. The van der Waals surface area contributed by atoms with Crippen LogP contribution in [0.1, 0.15) is 122 Å². The summed E-state index contributed by atoms with van der Waals surface area (Å²) in [7, 11) is 0. The Kier molecular flexibility index (Phi) is 26.8. The van der Waals surface area contributed by atoms with Gasteiger partial charge in [0.1, 0.15) is 0 Å². The summed E-state index contributed by atoms with van der Waals surface area (Å²) in [4.78, 5) is 0. The molecule has 0 spiro atoms. The molecule has 0 nitrogen and oxygen atoms in total. The molecule has 0 rings (SSSR count). The van der Waals surface area contributed by atoms with E-state index in [-0.39, 0.29) is 25.5 Å². The maximum atomic E-state index is 11.9. The fourth-order valence-electron chi connectivity index (χ4n) is 3.00. The Hall–Kier alpha value is 0.527. The van der Waals surface area contributed by atoms with E-state index in [1.165, 1.54) is 103 Å². The maximum absolute atomic E-state index is 11.9. The first-order valence-electron chi connectivity index (χ1n) is 9.97.